The highest BCUT2D eigenvalue weighted by atomic mass is 16.3. The topological polar surface area (TPSA) is 61.4 Å². The summed E-state index contributed by atoms with van der Waals surface area (Å²) in [6.07, 6.45) is 3.09. The van der Waals surface area contributed by atoms with Gasteiger partial charge in [-0.3, -0.25) is 4.79 Å². The second kappa shape index (κ2) is 6.52. The maximum Gasteiger partial charge on any atom is 0.237 e. The molecule has 1 fully saturated rings. The first-order valence-corrected chi connectivity index (χ1v) is 6.51. The summed E-state index contributed by atoms with van der Waals surface area (Å²) in [7, 11) is 0. The minimum absolute atomic E-state index is 0.0161. The van der Waals surface area contributed by atoms with Crippen molar-refractivity contribution in [2.45, 2.75) is 31.3 Å². The van der Waals surface area contributed by atoms with Crippen molar-refractivity contribution in [3.63, 3.8) is 0 Å². The summed E-state index contributed by atoms with van der Waals surface area (Å²) in [6.45, 7) is 0.815. The van der Waals surface area contributed by atoms with Gasteiger partial charge in [-0.1, -0.05) is 36.8 Å². The largest absolute Gasteiger partial charge is 0.394 e. The molecule has 0 saturated carbocycles. The minimum Gasteiger partial charge on any atom is -0.394 e. The van der Waals surface area contributed by atoms with Gasteiger partial charge in [-0.2, -0.15) is 0 Å². The molecule has 1 saturated heterocycles. The lowest BCUT2D eigenvalue weighted by Gasteiger charge is -2.25. The van der Waals surface area contributed by atoms with E-state index in [0.717, 1.165) is 31.4 Å². The molecule has 0 radical (unpaired) electrons. The third kappa shape index (κ3) is 3.31. The number of aliphatic hydroxyl groups is 1. The van der Waals surface area contributed by atoms with Gasteiger partial charge in [0.15, 0.2) is 0 Å². The number of carbonyl (C=O) groups excluding carboxylic acids is 1. The predicted octanol–water partition coefficient (Wildman–Crippen LogP) is 0.978. The Bertz CT molecular complexity index is 375. The molecule has 0 aliphatic carbocycles. The second-order valence-electron chi connectivity index (χ2n) is 4.66. The van der Waals surface area contributed by atoms with Crippen LogP contribution in [0, 0.1) is 0 Å². The van der Waals surface area contributed by atoms with E-state index in [2.05, 4.69) is 10.6 Å². The molecule has 0 spiro atoms. The molecule has 1 aliphatic rings. The quantitative estimate of drug-likeness (QED) is 0.744. The molecule has 1 heterocycles. The summed E-state index contributed by atoms with van der Waals surface area (Å²) >= 11 is 0. The van der Waals surface area contributed by atoms with Gasteiger partial charge >= 0.3 is 0 Å². The van der Waals surface area contributed by atoms with Crippen molar-refractivity contribution in [3.8, 4) is 0 Å². The van der Waals surface area contributed by atoms with Crippen LogP contribution in [-0.4, -0.2) is 30.2 Å². The first-order chi connectivity index (χ1) is 8.81. The molecule has 2 atom stereocenters. The van der Waals surface area contributed by atoms with Crippen LogP contribution in [0.15, 0.2) is 30.3 Å². The summed E-state index contributed by atoms with van der Waals surface area (Å²) in [5, 5.41) is 15.5. The number of amides is 1. The minimum atomic E-state index is -0.317. The molecule has 0 bridgehead atoms. The molecule has 2 rings (SSSR count). The lowest BCUT2D eigenvalue weighted by atomic mass is 10.0. The van der Waals surface area contributed by atoms with E-state index in [1.165, 1.54) is 0 Å². The molecular weight excluding hydrogens is 228 g/mol. The van der Waals surface area contributed by atoms with Crippen molar-refractivity contribution in [1.29, 1.82) is 0 Å². The molecular formula is C14H20N2O2. The molecule has 1 aromatic carbocycles. The number of rotatable bonds is 4. The van der Waals surface area contributed by atoms with Gasteiger partial charge in [-0.25, -0.2) is 0 Å². The fourth-order valence-corrected chi connectivity index (χ4v) is 2.27. The maximum atomic E-state index is 12.1. The first-order valence-electron chi connectivity index (χ1n) is 6.51. The molecule has 98 valence electrons. The highest BCUT2D eigenvalue weighted by Gasteiger charge is 2.23. The highest BCUT2D eigenvalue weighted by Crippen LogP contribution is 2.13. The number of nitrogens with one attached hydrogen (secondary N) is 2. The zero-order chi connectivity index (χ0) is 12.8. The molecule has 1 amide bonds. The van der Waals surface area contributed by atoms with Crippen LogP contribution in [0.2, 0.25) is 0 Å². The number of hydrogen-bond acceptors (Lipinski definition) is 3. The van der Waals surface area contributed by atoms with Crippen LogP contribution in [0.1, 0.15) is 30.9 Å². The number of aliphatic hydroxyl groups excluding tert-OH is 1. The summed E-state index contributed by atoms with van der Waals surface area (Å²) in [5.74, 6) is -0.0161. The van der Waals surface area contributed by atoms with Crippen LogP contribution >= 0.6 is 0 Å². The van der Waals surface area contributed by atoms with Gasteiger partial charge in [0.1, 0.15) is 0 Å². The van der Waals surface area contributed by atoms with E-state index in [1.807, 2.05) is 30.3 Å². The monoisotopic (exact) mass is 248 g/mol. The Balaban J connectivity index is 1.95. The third-order valence-corrected chi connectivity index (χ3v) is 3.33. The predicted molar refractivity (Wildman–Crippen MR) is 70.1 cm³/mol. The molecule has 4 heteroatoms. The van der Waals surface area contributed by atoms with Gasteiger partial charge in [0.2, 0.25) is 5.91 Å². The Morgan fingerprint density at radius 2 is 2.17 bits per heavy atom. The van der Waals surface area contributed by atoms with E-state index in [1.54, 1.807) is 0 Å². The lowest BCUT2D eigenvalue weighted by molar-refractivity contribution is -0.124. The van der Waals surface area contributed by atoms with Crippen LogP contribution in [-0.2, 0) is 4.79 Å². The molecule has 3 N–H and O–H groups in total. The first kappa shape index (κ1) is 13.1. The molecule has 1 aliphatic heterocycles. The SMILES string of the molecule is O=C(NC(CO)c1ccccc1)[C@@H]1CCCCN1. The smallest absolute Gasteiger partial charge is 0.237 e. The summed E-state index contributed by atoms with van der Waals surface area (Å²) in [6, 6.07) is 9.12. The number of carbonyl (C=O) groups is 1. The van der Waals surface area contributed by atoms with Gasteiger partial charge in [-0.05, 0) is 24.9 Å². The normalized spacial score (nSPS) is 21.3. The van der Waals surface area contributed by atoms with Crippen molar-refractivity contribution in [2.75, 3.05) is 13.2 Å². The number of hydrogen-bond donors (Lipinski definition) is 3. The Hall–Kier alpha value is -1.39. The van der Waals surface area contributed by atoms with Crippen LogP contribution in [0.5, 0.6) is 0 Å². The van der Waals surface area contributed by atoms with Crippen LogP contribution in [0.25, 0.3) is 0 Å². The molecule has 1 unspecified atom stereocenters. The average molecular weight is 248 g/mol. The van der Waals surface area contributed by atoms with E-state index >= 15 is 0 Å². The lowest BCUT2D eigenvalue weighted by Crippen LogP contribution is -2.48. The summed E-state index contributed by atoms with van der Waals surface area (Å²) < 4.78 is 0. The van der Waals surface area contributed by atoms with E-state index in [0.29, 0.717) is 0 Å². The molecule has 0 aromatic heterocycles. The van der Waals surface area contributed by atoms with E-state index in [9.17, 15) is 9.90 Å². The highest BCUT2D eigenvalue weighted by molar-refractivity contribution is 5.82. The van der Waals surface area contributed by atoms with Gasteiger partial charge in [0.05, 0.1) is 18.7 Å². The summed E-state index contributed by atoms with van der Waals surface area (Å²) in [5.41, 5.74) is 0.934. The third-order valence-electron chi connectivity index (χ3n) is 3.33. The number of piperidine rings is 1. The van der Waals surface area contributed by atoms with E-state index in [4.69, 9.17) is 0 Å². The maximum absolute atomic E-state index is 12.1. The molecule has 18 heavy (non-hydrogen) atoms. The van der Waals surface area contributed by atoms with Crippen molar-refractivity contribution in [2.24, 2.45) is 0 Å². The van der Waals surface area contributed by atoms with Gasteiger partial charge < -0.3 is 15.7 Å². The van der Waals surface area contributed by atoms with Crippen molar-refractivity contribution in [3.05, 3.63) is 35.9 Å². The van der Waals surface area contributed by atoms with Crippen LogP contribution in [0.4, 0.5) is 0 Å². The van der Waals surface area contributed by atoms with Crippen molar-refractivity contribution >= 4 is 5.91 Å². The Kier molecular flexibility index (Phi) is 4.73. The standard InChI is InChI=1S/C14H20N2O2/c17-10-13(11-6-2-1-3-7-11)16-14(18)12-8-4-5-9-15-12/h1-3,6-7,12-13,15,17H,4-5,8-10H2,(H,16,18)/t12-,13?/m0/s1. The second-order valence-corrected chi connectivity index (χ2v) is 4.66. The van der Waals surface area contributed by atoms with Crippen LogP contribution in [0.3, 0.4) is 0 Å². The van der Waals surface area contributed by atoms with E-state index in [-0.39, 0.29) is 24.6 Å². The van der Waals surface area contributed by atoms with Crippen molar-refractivity contribution in [1.82, 2.24) is 10.6 Å². The molecule has 4 nitrogen and oxygen atoms in total. The zero-order valence-electron chi connectivity index (χ0n) is 10.4. The Labute approximate surface area is 107 Å². The Morgan fingerprint density at radius 3 is 2.78 bits per heavy atom. The van der Waals surface area contributed by atoms with Gasteiger partial charge in [0.25, 0.3) is 0 Å². The fourth-order valence-electron chi connectivity index (χ4n) is 2.27. The summed E-state index contributed by atoms with van der Waals surface area (Å²) in [4.78, 5) is 12.1. The van der Waals surface area contributed by atoms with Gasteiger partial charge in [0, 0.05) is 0 Å². The fraction of sp³-hybridized carbons (Fsp3) is 0.500. The van der Waals surface area contributed by atoms with E-state index < -0.39 is 0 Å². The van der Waals surface area contributed by atoms with Gasteiger partial charge in [-0.15, -0.1) is 0 Å². The zero-order valence-corrected chi connectivity index (χ0v) is 10.4. The molecule has 1 aromatic rings. The number of benzene rings is 1. The van der Waals surface area contributed by atoms with Crippen molar-refractivity contribution < 1.29 is 9.90 Å². The Morgan fingerprint density at radius 1 is 1.39 bits per heavy atom. The van der Waals surface area contributed by atoms with Crippen LogP contribution < -0.4 is 10.6 Å². The average Bonchev–Trinajstić information content (AvgIpc) is 2.46.